The number of carbonyl (C=O) groups is 1. The zero-order valence-electron chi connectivity index (χ0n) is 19.1. The van der Waals surface area contributed by atoms with Gasteiger partial charge in [0, 0.05) is 11.4 Å². The van der Waals surface area contributed by atoms with Crippen molar-refractivity contribution in [1.82, 2.24) is 14.8 Å². The fraction of sp³-hybridized carbons (Fsp3) is 0.192. The molecule has 0 aliphatic heterocycles. The van der Waals surface area contributed by atoms with Crippen molar-refractivity contribution in [3.8, 4) is 17.2 Å². The molecule has 4 aromatic rings. The number of para-hydroxylation sites is 1. The number of aromatic nitrogens is 3. The summed E-state index contributed by atoms with van der Waals surface area (Å²) in [5.41, 5.74) is 2.79. The van der Waals surface area contributed by atoms with Crippen LogP contribution < -0.4 is 14.8 Å². The summed E-state index contributed by atoms with van der Waals surface area (Å²) in [5, 5.41) is 12.2. The molecule has 0 aliphatic carbocycles. The largest absolute Gasteiger partial charge is 0.494 e. The zero-order chi connectivity index (χ0) is 23.8. The number of anilines is 1. The lowest BCUT2D eigenvalue weighted by Crippen LogP contribution is -2.14. The van der Waals surface area contributed by atoms with Crippen molar-refractivity contribution in [1.29, 1.82) is 0 Å². The third-order valence-corrected chi connectivity index (χ3v) is 5.81. The predicted octanol–water partition coefficient (Wildman–Crippen LogP) is 5.28. The van der Waals surface area contributed by atoms with E-state index in [2.05, 4.69) is 15.5 Å². The zero-order valence-corrected chi connectivity index (χ0v) is 19.9. The number of amides is 1. The Morgan fingerprint density at radius 3 is 2.29 bits per heavy atom. The molecule has 34 heavy (non-hydrogen) atoms. The molecule has 0 radical (unpaired) electrons. The first kappa shape index (κ1) is 23.4. The van der Waals surface area contributed by atoms with Crippen molar-refractivity contribution in [2.45, 2.75) is 25.6 Å². The molecule has 174 valence electrons. The molecule has 1 heterocycles. The summed E-state index contributed by atoms with van der Waals surface area (Å²) in [6, 6.07) is 25.0. The van der Waals surface area contributed by atoms with E-state index < -0.39 is 0 Å². The number of ether oxygens (including phenoxy) is 2. The molecule has 8 heteroatoms. The minimum atomic E-state index is -0.130. The van der Waals surface area contributed by atoms with Gasteiger partial charge in [-0.1, -0.05) is 47.7 Å². The second-order valence-corrected chi connectivity index (χ2v) is 8.41. The van der Waals surface area contributed by atoms with Crippen molar-refractivity contribution < 1.29 is 14.3 Å². The summed E-state index contributed by atoms with van der Waals surface area (Å²) < 4.78 is 13.3. The molecular weight excluding hydrogens is 448 g/mol. The maximum Gasteiger partial charge on any atom is 0.234 e. The summed E-state index contributed by atoms with van der Waals surface area (Å²) in [7, 11) is 0. The van der Waals surface area contributed by atoms with Gasteiger partial charge in [-0.3, -0.25) is 9.36 Å². The number of carbonyl (C=O) groups excluding carboxylic acids is 1. The van der Waals surface area contributed by atoms with Crippen molar-refractivity contribution in [2.75, 3.05) is 17.7 Å². The summed E-state index contributed by atoms with van der Waals surface area (Å²) in [6.45, 7) is 4.82. The standard InChI is InChI=1S/C26H26N4O3S/c1-3-32-22-15-11-20(12-16-22)27-25(31)18-34-26-29-28-24(30(26)21-7-5-4-6-8-21)17-33-23-13-9-19(2)10-14-23/h4-16H,3,17-18H2,1-2H3,(H,27,31). The minimum absolute atomic E-state index is 0.130. The van der Waals surface area contributed by atoms with Crippen molar-refractivity contribution >= 4 is 23.4 Å². The summed E-state index contributed by atoms with van der Waals surface area (Å²) in [6.07, 6.45) is 0. The van der Waals surface area contributed by atoms with Crippen LogP contribution in [0.4, 0.5) is 5.69 Å². The van der Waals surface area contributed by atoms with E-state index in [1.165, 1.54) is 17.3 Å². The van der Waals surface area contributed by atoms with Gasteiger partial charge in [-0.2, -0.15) is 0 Å². The third-order valence-electron chi connectivity index (χ3n) is 4.89. The second kappa shape index (κ2) is 11.4. The Morgan fingerprint density at radius 2 is 1.59 bits per heavy atom. The van der Waals surface area contributed by atoms with Crippen molar-refractivity contribution in [2.24, 2.45) is 0 Å². The number of thioether (sulfide) groups is 1. The number of hydrogen-bond acceptors (Lipinski definition) is 6. The molecule has 0 aliphatic rings. The molecule has 0 saturated heterocycles. The van der Waals surface area contributed by atoms with Gasteiger partial charge in [0.1, 0.15) is 18.1 Å². The van der Waals surface area contributed by atoms with Crippen molar-refractivity contribution in [3.63, 3.8) is 0 Å². The molecule has 1 amide bonds. The molecule has 0 atom stereocenters. The van der Waals surface area contributed by atoms with E-state index in [1.54, 1.807) is 0 Å². The highest BCUT2D eigenvalue weighted by atomic mass is 32.2. The van der Waals surface area contributed by atoms with Crippen molar-refractivity contribution in [3.05, 3.63) is 90.3 Å². The molecule has 0 spiro atoms. The summed E-state index contributed by atoms with van der Waals surface area (Å²) >= 11 is 1.32. The van der Waals surface area contributed by atoms with Crippen LogP contribution in [0, 0.1) is 6.92 Å². The lowest BCUT2D eigenvalue weighted by Gasteiger charge is -2.11. The fourth-order valence-electron chi connectivity index (χ4n) is 3.23. The van der Waals surface area contributed by atoms with E-state index in [9.17, 15) is 4.79 Å². The summed E-state index contributed by atoms with van der Waals surface area (Å²) in [4.78, 5) is 12.5. The predicted molar refractivity (Wildman–Crippen MR) is 134 cm³/mol. The highest BCUT2D eigenvalue weighted by molar-refractivity contribution is 7.99. The second-order valence-electron chi connectivity index (χ2n) is 7.47. The van der Waals surface area contributed by atoms with Crippen LogP contribution in [-0.2, 0) is 11.4 Å². The van der Waals surface area contributed by atoms with Crippen LogP contribution in [0.25, 0.3) is 5.69 Å². The van der Waals surface area contributed by atoms with Crippen LogP contribution in [0.15, 0.2) is 84.0 Å². The number of benzene rings is 3. The van der Waals surface area contributed by atoms with Crippen LogP contribution >= 0.6 is 11.8 Å². The molecule has 0 bridgehead atoms. The van der Waals surface area contributed by atoms with Gasteiger partial charge in [-0.15, -0.1) is 10.2 Å². The Kier molecular flexibility index (Phi) is 7.83. The average molecular weight is 475 g/mol. The average Bonchev–Trinajstić information content (AvgIpc) is 3.27. The maximum absolute atomic E-state index is 12.5. The number of nitrogens with one attached hydrogen (secondary N) is 1. The van der Waals surface area contributed by atoms with E-state index in [1.807, 2.05) is 97.3 Å². The van der Waals surface area contributed by atoms with Gasteiger partial charge in [0.25, 0.3) is 0 Å². The lowest BCUT2D eigenvalue weighted by atomic mass is 10.2. The Bertz CT molecular complexity index is 1210. The van der Waals surface area contributed by atoms with Crippen LogP contribution in [-0.4, -0.2) is 33.0 Å². The molecule has 3 aromatic carbocycles. The molecule has 4 rings (SSSR count). The van der Waals surface area contributed by atoms with E-state index >= 15 is 0 Å². The van der Waals surface area contributed by atoms with E-state index in [4.69, 9.17) is 9.47 Å². The Hall–Kier alpha value is -3.78. The molecule has 0 unspecified atom stereocenters. The van der Waals surface area contributed by atoms with Gasteiger partial charge in [0.2, 0.25) is 5.91 Å². The maximum atomic E-state index is 12.5. The van der Waals surface area contributed by atoms with E-state index in [0.29, 0.717) is 23.3 Å². The highest BCUT2D eigenvalue weighted by Gasteiger charge is 2.16. The van der Waals surface area contributed by atoms with E-state index in [-0.39, 0.29) is 18.3 Å². The van der Waals surface area contributed by atoms with Gasteiger partial charge in [-0.25, -0.2) is 0 Å². The van der Waals surface area contributed by atoms with Gasteiger partial charge in [0.15, 0.2) is 11.0 Å². The van der Waals surface area contributed by atoms with Crippen LogP contribution in [0.2, 0.25) is 0 Å². The fourth-order valence-corrected chi connectivity index (χ4v) is 4.01. The first-order valence-corrected chi connectivity index (χ1v) is 12.0. The third kappa shape index (κ3) is 6.17. The van der Waals surface area contributed by atoms with Gasteiger partial charge in [-0.05, 0) is 62.4 Å². The molecule has 1 N–H and O–H groups in total. The lowest BCUT2D eigenvalue weighted by molar-refractivity contribution is -0.113. The summed E-state index contributed by atoms with van der Waals surface area (Å²) in [5.74, 6) is 2.25. The smallest absolute Gasteiger partial charge is 0.234 e. The molecule has 0 saturated carbocycles. The highest BCUT2D eigenvalue weighted by Crippen LogP contribution is 2.24. The van der Waals surface area contributed by atoms with Crippen LogP contribution in [0.5, 0.6) is 11.5 Å². The number of aryl methyl sites for hydroxylation is 1. The monoisotopic (exact) mass is 474 g/mol. The van der Waals surface area contributed by atoms with Crippen LogP contribution in [0.1, 0.15) is 18.3 Å². The number of rotatable bonds is 10. The quantitative estimate of drug-likeness (QED) is 0.315. The normalized spacial score (nSPS) is 10.6. The topological polar surface area (TPSA) is 78.3 Å². The first-order valence-electron chi connectivity index (χ1n) is 11.0. The van der Waals surface area contributed by atoms with Gasteiger partial charge < -0.3 is 14.8 Å². The SMILES string of the molecule is CCOc1ccc(NC(=O)CSc2nnc(COc3ccc(C)cc3)n2-c2ccccc2)cc1. The Labute approximate surface area is 203 Å². The van der Waals surface area contributed by atoms with Crippen LogP contribution in [0.3, 0.4) is 0 Å². The van der Waals surface area contributed by atoms with Gasteiger partial charge in [0.05, 0.1) is 12.4 Å². The number of nitrogens with zero attached hydrogens (tertiary/aromatic N) is 3. The molecular formula is C26H26N4O3S. The van der Waals surface area contributed by atoms with E-state index in [0.717, 1.165) is 17.2 Å². The Morgan fingerprint density at radius 1 is 0.912 bits per heavy atom. The Balaban J connectivity index is 1.44. The molecule has 1 aromatic heterocycles. The number of hydrogen-bond donors (Lipinski definition) is 1. The van der Waals surface area contributed by atoms with Gasteiger partial charge >= 0.3 is 0 Å². The first-order chi connectivity index (χ1) is 16.6. The molecule has 7 nitrogen and oxygen atoms in total. The molecule has 0 fully saturated rings. The minimum Gasteiger partial charge on any atom is -0.494 e.